The number of rotatable bonds is 3. The SMILES string of the molecule is Cc1cccc([N+]([O-])(c2c(Cl)cccc2Cl)[N+](=O)[O-])c1. The maximum atomic E-state index is 12.9. The first kappa shape index (κ1) is 14.7. The van der Waals surface area contributed by atoms with E-state index in [0.29, 0.717) is 0 Å². The van der Waals surface area contributed by atoms with Crippen molar-refractivity contribution in [3.63, 3.8) is 0 Å². The van der Waals surface area contributed by atoms with Gasteiger partial charge in [-0.2, -0.15) is 0 Å². The molecule has 1 atom stereocenters. The van der Waals surface area contributed by atoms with Crippen molar-refractivity contribution in [1.29, 1.82) is 0 Å². The molecular formula is C13H10Cl2N2O3. The molecular weight excluding hydrogens is 303 g/mol. The fraction of sp³-hybridized carbons (Fsp3) is 0.0769. The van der Waals surface area contributed by atoms with Crippen LogP contribution < -0.4 is 4.76 Å². The molecule has 2 aromatic rings. The van der Waals surface area contributed by atoms with E-state index in [4.69, 9.17) is 23.2 Å². The number of nitro groups is 1. The number of quaternary nitrogens is 1. The minimum atomic E-state index is -1.94. The molecule has 2 aromatic carbocycles. The van der Waals surface area contributed by atoms with Crippen molar-refractivity contribution in [2.45, 2.75) is 6.92 Å². The van der Waals surface area contributed by atoms with Crippen LogP contribution in [0.25, 0.3) is 0 Å². The van der Waals surface area contributed by atoms with E-state index < -0.39 is 9.79 Å². The highest BCUT2D eigenvalue weighted by molar-refractivity contribution is 6.39. The quantitative estimate of drug-likeness (QED) is 0.471. The minimum Gasteiger partial charge on any atom is -0.558 e. The first-order valence-electron chi connectivity index (χ1n) is 5.64. The van der Waals surface area contributed by atoms with Crippen LogP contribution in [0.3, 0.4) is 0 Å². The molecule has 2 rings (SSSR count). The molecule has 0 aromatic heterocycles. The summed E-state index contributed by atoms with van der Waals surface area (Å²) in [6, 6.07) is 10.4. The number of hydrogen-bond donors (Lipinski definition) is 0. The third-order valence-electron chi connectivity index (χ3n) is 2.82. The van der Waals surface area contributed by atoms with Crippen LogP contribution in [0.15, 0.2) is 42.5 Å². The Bertz CT molecular complexity index is 658. The van der Waals surface area contributed by atoms with E-state index in [2.05, 4.69) is 0 Å². The lowest BCUT2D eigenvalue weighted by Gasteiger charge is -2.29. The second-order valence-electron chi connectivity index (χ2n) is 4.22. The number of aryl methyl sites for hydroxylation is 1. The topological polar surface area (TPSA) is 66.2 Å². The summed E-state index contributed by atoms with van der Waals surface area (Å²) in [6.45, 7) is 1.74. The molecule has 0 amide bonds. The lowest BCUT2D eigenvalue weighted by atomic mass is 10.2. The molecule has 20 heavy (non-hydrogen) atoms. The standard InChI is InChI=1S/C13H10Cl2N2O3/c1-9-4-2-5-10(8-9)17(20,16(18)19)13-11(14)6-3-7-12(13)15/h2-8H,1H3. The van der Waals surface area contributed by atoms with Gasteiger partial charge in [-0.15, -0.1) is 0 Å². The van der Waals surface area contributed by atoms with Crippen LogP contribution in [0.5, 0.6) is 0 Å². The van der Waals surface area contributed by atoms with Crippen LogP contribution in [0.2, 0.25) is 10.0 Å². The van der Waals surface area contributed by atoms with Gasteiger partial charge >= 0.3 is 0 Å². The zero-order valence-corrected chi connectivity index (χ0v) is 11.9. The summed E-state index contributed by atoms with van der Waals surface area (Å²) in [6.07, 6.45) is 0. The number of halogens is 2. The summed E-state index contributed by atoms with van der Waals surface area (Å²) in [5.74, 6) is 0. The lowest BCUT2D eigenvalue weighted by Crippen LogP contribution is -2.44. The molecule has 1 unspecified atom stereocenters. The van der Waals surface area contributed by atoms with E-state index in [9.17, 15) is 15.3 Å². The maximum Gasteiger partial charge on any atom is 0.249 e. The summed E-state index contributed by atoms with van der Waals surface area (Å²) in [5, 5.41) is 23.2. The van der Waals surface area contributed by atoms with Crippen molar-refractivity contribution < 1.29 is 5.03 Å². The smallest absolute Gasteiger partial charge is 0.249 e. The van der Waals surface area contributed by atoms with Gasteiger partial charge in [0, 0.05) is 12.1 Å². The number of para-hydroxylation sites is 1. The summed E-state index contributed by atoms with van der Waals surface area (Å²) in [4.78, 5) is 11.4. The molecule has 0 N–H and O–H groups in total. The van der Waals surface area contributed by atoms with Gasteiger partial charge < -0.3 is 5.21 Å². The monoisotopic (exact) mass is 312 g/mol. The Morgan fingerprint density at radius 2 is 1.65 bits per heavy atom. The number of nitrogens with zero attached hydrogens (tertiary/aromatic N) is 2. The van der Waals surface area contributed by atoms with E-state index in [0.717, 1.165) is 5.56 Å². The van der Waals surface area contributed by atoms with Crippen molar-refractivity contribution in [1.82, 2.24) is 4.76 Å². The van der Waals surface area contributed by atoms with Crippen LogP contribution >= 0.6 is 23.2 Å². The van der Waals surface area contributed by atoms with E-state index in [1.165, 1.54) is 30.3 Å². The Balaban J connectivity index is 2.77. The molecule has 0 spiro atoms. The summed E-state index contributed by atoms with van der Waals surface area (Å²) in [7, 11) is 0. The van der Waals surface area contributed by atoms with Crippen molar-refractivity contribution in [3.05, 3.63) is 73.4 Å². The first-order chi connectivity index (χ1) is 9.37. The fourth-order valence-corrected chi connectivity index (χ4v) is 2.53. The fourth-order valence-electron chi connectivity index (χ4n) is 1.90. The van der Waals surface area contributed by atoms with Gasteiger partial charge in [0.05, 0.1) is 0 Å². The van der Waals surface area contributed by atoms with Crippen molar-refractivity contribution >= 4 is 34.6 Å². The molecule has 0 radical (unpaired) electrons. The van der Waals surface area contributed by atoms with Crippen molar-refractivity contribution in [2.75, 3.05) is 0 Å². The van der Waals surface area contributed by atoms with Crippen LogP contribution in [0, 0.1) is 22.2 Å². The molecule has 0 saturated heterocycles. The Hall–Kier alpha value is -1.66. The Morgan fingerprint density at radius 3 is 2.15 bits per heavy atom. The highest BCUT2D eigenvalue weighted by Crippen LogP contribution is 2.43. The second-order valence-corrected chi connectivity index (χ2v) is 5.04. The normalized spacial score (nSPS) is 13.8. The van der Waals surface area contributed by atoms with Gasteiger partial charge in [-0.3, -0.25) is 0 Å². The molecule has 0 aliphatic carbocycles. The molecule has 0 saturated carbocycles. The van der Waals surface area contributed by atoms with Crippen LogP contribution in [-0.2, 0) is 0 Å². The zero-order valence-electron chi connectivity index (χ0n) is 10.4. The zero-order chi connectivity index (χ0) is 14.9. The third kappa shape index (κ3) is 2.36. The van der Waals surface area contributed by atoms with Crippen molar-refractivity contribution in [2.24, 2.45) is 0 Å². The average Bonchev–Trinajstić information content (AvgIpc) is 2.38. The van der Waals surface area contributed by atoms with E-state index in [-0.39, 0.29) is 21.4 Å². The lowest BCUT2D eigenvalue weighted by molar-refractivity contribution is -0.609. The van der Waals surface area contributed by atoms with Gasteiger partial charge in [0.2, 0.25) is 16.4 Å². The molecule has 0 aliphatic rings. The first-order valence-corrected chi connectivity index (χ1v) is 6.39. The Kier molecular flexibility index (Phi) is 3.96. The highest BCUT2D eigenvalue weighted by atomic mass is 35.5. The van der Waals surface area contributed by atoms with Crippen LogP contribution in [-0.4, -0.2) is 5.03 Å². The maximum absolute atomic E-state index is 12.9. The largest absolute Gasteiger partial charge is 0.558 e. The average molecular weight is 313 g/mol. The highest BCUT2D eigenvalue weighted by Gasteiger charge is 2.41. The summed E-state index contributed by atoms with van der Waals surface area (Å²) >= 11 is 11.9. The Labute approximate surface area is 125 Å². The van der Waals surface area contributed by atoms with Gasteiger partial charge in [0.1, 0.15) is 10.0 Å². The molecule has 5 nitrogen and oxygen atoms in total. The minimum absolute atomic E-state index is 0.0503. The van der Waals surface area contributed by atoms with Gasteiger partial charge in [0.25, 0.3) is 0 Å². The molecule has 0 fully saturated rings. The number of benzene rings is 2. The number of hydrogen-bond acceptors (Lipinski definition) is 3. The Morgan fingerprint density at radius 1 is 1.10 bits per heavy atom. The summed E-state index contributed by atoms with van der Waals surface area (Å²) < 4.78 is -1.94. The van der Waals surface area contributed by atoms with E-state index >= 15 is 0 Å². The van der Waals surface area contributed by atoms with E-state index in [1.54, 1.807) is 19.1 Å². The third-order valence-corrected chi connectivity index (χ3v) is 3.43. The van der Waals surface area contributed by atoms with Gasteiger partial charge in [-0.1, -0.05) is 41.4 Å². The van der Waals surface area contributed by atoms with Gasteiger partial charge in [-0.05, 0) is 29.4 Å². The molecule has 0 heterocycles. The second kappa shape index (κ2) is 5.38. The van der Waals surface area contributed by atoms with Gasteiger partial charge in [-0.25, -0.2) is 10.1 Å². The summed E-state index contributed by atoms with van der Waals surface area (Å²) in [5.41, 5.74) is 0.363. The van der Waals surface area contributed by atoms with Crippen molar-refractivity contribution in [3.8, 4) is 0 Å². The predicted molar refractivity (Wildman–Crippen MR) is 79.5 cm³/mol. The van der Waals surface area contributed by atoms with Crippen LogP contribution in [0.1, 0.15) is 5.56 Å². The molecule has 104 valence electrons. The van der Waals surface area contributed by atoms with Gasteiger partial charge in [0.15, 0.2) is 0 Å². The molecule has 0 aliphatic heterocycles. The van der Waals surface area contributed by atoms with Crippen LogP contribution in [0.4, 0.5) is 11.4 Å². The predicted octanol–water partition coefficient (Wildman–Crippen LogP) is 4.63. The molecule has 7 heteroatoms. The molecule has 0 bridgehead atoms. The van der Waals surface area contributed by atoms with E-state index in [1.807, 2.05) is 0 Å².